The van der Waals surface area contributed by atoms with E-state index in [1.807, 2.05) is 4.98 Å². The third kappa shape index (κ3) is 3.06. The van der Waals surface area contributed by atoms with E-state index in [1.54, 1.807) is 0 Å². The van der Waals surface area contributed by atoms with Crippen LogP contribution in [0.15, 0.2) is 29.6 Å². The minimum Gasteiger partial charge on any atom is -0.356 e. The fourth-order valence-corrected chi connectivity index (χ4v) is 2.87. The summed E-state index contributed by atoms with van der Waals surface area (Å²) in [5, 5.41) is 0. The number of anilines is 1. The van der Waals surface area contributed by atoms with E-state index in [-0.39, 0.29) is 5.69 Å². The summed E-state index contributed by atoms with van der Waals surface area (Å²) in [6, 6.07) is 0.530. The Morgan fingerprint density at radius 2 is 1.86 bits per heavy atom. The van der Waals surface area contributed by atoms with Crippen molar-refractivity contribution in [3.63, 3.8) is 0 Å². The number of aromatic amines is 1. The lowest BCUT2D eigenvalue weighted by molar-refractivity contribution is -0.140. The van der Waals surface area contributed by atoms with Crippen molar-refractivity contribution in [2.75, 3.05) is 4.72 Å². The molecule has 0 aliphatic heterocycles. The van der Waals surface area contributed by atoms with Gasteiger partial charge in [0.15, 0.2) is 0 Å². The number of H-pyrrole nitrogens is 1. The molecule has 118 valence electrons. The monoisotopic (exact) mass is 332 g/mol. The molecule has 0 bridgehead atoms. The molecule has 0 amide bonds. The zero-order valence-electron chi connectivity index (χ0n) is 11.1. The van der Waals surface area contributed by atoms with E-state index in [9.17, 15) is 21.6 Å². The van der Waals surface area contributed by atoms with Gasteiger partial charge in [-0.05, 0) is 18.9 Å². The highest BCUT2D eigenvalue weighted by Crippen LogP contribution is 2.37. The highest BCUT2D eigenvalue weighted by Gasteiger charge is 2.34. The zero-order valence-corrected chi connectivity index (χ0v) is 11.9. The van der Waals surface area contributed by atoms with Crippen molar-refractivity contribution in [3.8, 4) is 0 Å². The number of aromatic nitrogens is 3. The highest BCUT2D eigenvalue weighted by molar-refractivity contribution is 7.92. The third-order valence-corrected chi connectivity index (χ3v) is 4.50. The lowest BCUT2D eigenvalue weighted by Crippen LogP contribution is -2.13. The lowest BCUT2D eigenvalue weighted by Gasteiger charge is -2.06. The van der Waals surface area contributed by atoms with E-state index in [0.29, 0.717) is 17.8 Å². The molecule has 1 fully saturated rings. The van der Waals surface area contributed by atoms with Crippen molar-refractivity contribution in [3.05, 3.63) is 36.2 Å². The molecule has 3 rings (SSSR count). The van der Waals surface area contributed by atoms with Gasteiger partial charge in [0.25, 0.3) is 10.0 Å². The number of alkyl halides is 3. The number of rotatable bonds is 4. The molecule has 10 heteroatoms. The first-order valence-corrected chi connectivity index (χ1v) is 7.84. The maximum atomic E-state index is 12.5. The van der Waals surface area contributed by atoms with Crippen LogP contribution in [-0.4, -0.2) is 23.4 Å². The first-order valence-electron chi connectivity index (χ1n) is 6.36. The van der Waals surface area contributed by atoms with E-state index in [0.717, 1.165) is 19.0 Å². The van der Waals surface area contributed by atoms with Crippen LogP contribution < -0.4 is 4.72 Å². The molecule has 0 radical (unpaired) electrons. The SMILES string of the molecule is O=S(=O)(Nc1cnc(C2CC2)nc1)c1c[nH]c(C(F)(F)F)c1. The van der Waals surface area contributed by atoms with Crippen molar-refractivity contribution >= 4 is 15.7 Å². The number of nitrogens with zero attached hydrogens (tertiary/aromatic N) is 2. The maximum absolute atomic E-state index is 12.5. The fraction of sp³-hybridized carbons (Fsp3) is 0.333. The number of nitrogens with one attached hydrogen (secondary N) is 2. The second kappa shape index (κ2) is 4.97. The maximum Gasteiger partial charge on any atom is 0.431 e. The second-order valence-corrected chi connectivity index (χ2v) is 6.64. The molecule has 0 atom stereocenters. The van der Waals surface area contributed by atoms with Crippen molar-refractivity contribution in [2.45, 2.75) is 29.8 Å². The Labute approximate surface area is 123 Å². The molecule has 2 aromatic rings. The first kappa shape index (κ1) is 14.8. The van der Waals surface area contributed by atoms with E-state index >= 15 is 0 Å². The van der Waals surface area contributed by atoms with Gasteiger partial charge < -0.3 is 4.98 Å². The Bertz CT molecular complexity index is 779. The topological polar surface area (TPSA) is 87.7 Å². The molecule has 1 saturated carbocycles. The van der Waals surface area contributed by atoms with Gasteiger partial charge in [0.2, 0.25) is 0 Å². The van der Waals surface area contributed by atoms with Gasteiger partial charge in [-0.1, -0.05) is 0 Å². The molecule has 0 aromatic carbocycles. The van der Waals surface area contributed by atoms with Crippen LogP contribution in [0.3, 0.4) is 0 Å². The standard InChI is InChI=1S/C12H11F3N4O2S/c13-12(14,15)10-3-9(6-16-10)22(20,21)19-8-4-17-11(18-5-8)7-1-2-7/h3-7,16,19H,1-2H2. The number of halogens is 3. The van der Waals surface area contributed by atoms with E-state index in [4.69, 9.17) is 0 Å². The van der Waals surface area contributed by atoms with Crippen molar-refractivity contribution < 1.29 is 21.6 Å². The number of hydrogen-bond acceptors (Lipinski definition) is 4. The van der Waals surface area contributed by atoms with Gasteiger partial charge in [0.05, 0.1) is 18.1 Å². The van der Waals surface area contributed by atoms with Crippen molar-refractivity contribution in [1.82, 2.24) is 15.0 Å². The lowest BCUT2D eigenvalue weighted by atomic mass is 10.4. The van der Waals surface area contributed by atoms with Crippen molar-refractivity contribution in [2.24, 2.45) is 0 Å². The molecule has 2 heterocycles. The van der Waals surface area contributed by atoms with Crippen LogP contribution >= 0.6 is 0 Å². The summed E-state index contributed by atoms with van der Waals surface area (Å²) < 4.78 is 63.6. The third-order valence-electron chi connectivity index (χ3n) is 3.14. The van der Waals surface area contributed by atoms with Gasteiger partial charge in [-0.15, -0.1) is 0 Å². The molecule has 2 aromatic heterocycles. The van der Waals surface area contributed by atoms with Gasteiger partial charge in [-0.2, -0.15) is 13.2 Å². The van der Waals surface area contributed by atoms with Crippen LogP contribution in [0.4, 0.5) is 18.9 Å². The largest absolute Gasteiger partial charge is 0.431 e. The number of hydrogen-bond donors (Lipinski definition) is 2. The molecule has 22 heavy (non-hydrogen) atoms. The highest BCUT2D eigenvalue weighted by atomic mass is 32.2. The molecule has 1 aliphatic rings. The van der Waals surface area contributed by atoms with E-state index in [1.165, 1.54) is 12.4 Å². The Kier molecular flexibility index (Phi) is 3.35. The van der Waals surface area contributed by atoms with Crippen LogP contribution in [0.2, 0.25) is 0 Å². The Morgan fingerprint density at radius 1 is 1.23 bits per heavy atom. The van der Waals surface area contributed by atoms with Gasteiger partial charge in [0.1, 0.15) is 16.4 Å². The second-order valence-electron chi connectivity index (χ2n) is 4.96. The molecule has 0 spiro atoms. The summed E-state index contributed by atoms with van der Waals surface area (Å²) in [6.07, 6.45) is 0.766. The first-order chi connectivity index (χ1) is 10.3. The van der Waals surface area contributed by atoms with Gasteiger partial charge in [-0.25, -0.2) is 18.4 Å². The van der Waals surface area contributed by atoms with E-state index < -0.39 is 26.8 Å². The summed E-state index contributed by atoms with van der Waals surface area (Å²) >= 11 is 0. The molecule has 0 saturated heterocycles. The van der Waals surface area contributed by atoms with E-state index in [2.05, 4.69) is 14.7 Å². The van der Waals surface area contributed by atoms with Gasteiger partial charge in [-0.3, -0.25) is 4.72 Å². The van der Waals surface area contributed by atoms with Crippen LogP contribution in [0.5, 0.6) is 0 Å². The van der Waals surface area contributed by atoms with Crippen LogP contribution in [0.1, 0.15) is 30.3 Å². The quantitative estimate of drug-likeness (QED) is 0.900. The van der Waals surface area contributed by atoms with Crippen LogP contribution in [0.25, 0.3) is 0 Å². The average Bonchev–Trinajstić information content (AvgIpc) is 3.13. The van der Waals surface area contributed by atoms with Gasteiger partial charge >= 0.3 is 6.18 Å². The average molecular weight is 332 g/mol. The molecule has 0 unspecified atom stereocenters. The molecular formula is C12H11F3N4O2S. The zero-order chi connectivity index (χ0) is 16.0. The minimum absolute atomic E-state index is 0.0964. The minimum atomic E-state index is -4.64. The van der Waals surface area contributed by atoms with Crippen LogP contribution in [-0.2, 0) is 16.2 Å². The summed E-state index contributed by atoms with van der Waals surface area (Å²) in [5.74, 6) is 0.966. The van der Waals surface area contributed by atoms with Crippen LogP contribution in [0, 0.1) is 0 Å². The summed E-state index contributed by atoms with van der Waals surface area (Å²) in [5.41, 5.74) is -1.03. The molecule has 2 N–H and O–H groups in total. The van der Waals surface area contributed by atoms with Gasteiger partial charge in [0, 0.05) is 12.1 Å². The Hall–Kier alpha value is -2.10. The Morgan fingerprint density at radius 3 is 2.36 bits per heavy atom. The predicted molar refractivity (Wildman–Crippen MR) is 70.6 cm³/mol. The predicted octanol–water partition coefficient (Wildman–Crippen LogP) is 2.50. The number of sulfonamides is 1. The molecular weight excluding hydrogens is 321 g/mol. The normalized spacial score (nSPS) is 15.8. The summed E-state index contributed by atoms with van der Waals surface area (Å²) in [6.45, 7) is 0. The molecule has 6 nitrogen and oxygen atoms in total. The smallest absolute Gasteiger partial charge is 0.356 e. The van der Waals surface area contributed by atoms with Crippen molar-refractivity contribution in [1.29, 1.82) is 0 Å². The fourth-order valence-electron chi connectivity index (χ4n) is 1.85. The Balaban J connectivity index is 1.79. The summed E-state index contributed by atoms with van der Waals surface area (Å²) in [7, 11) is -4.13. The summed E-state index contributed by atoms with van der Waals surface area (Å²) in [4.78, 5) is 9.46. The molecule has 1 aliphatic carbocycles.